The number of nitrogens with one attached hydrogen (secondary N) is 1. The van der Waals surface area contributed by atoms with Crippen molar-refractivity contribution in [3.8, 4) is 11.3 Å². The summed E-state index contributed by atoms with van der Waals surface area (Å²) >= 11 is 6.04. The highest BCUT2D eigenvalue weighted by Gasteiger charge is 2.17. The Morgan fingerprint density at radius 2 is 2.00 bits per heavy atom. The number of hydrogen-bond acceptors (Lipinski definition) is 5. The number of amides is 1. The topological polar surface area (TPSA) is 85.3 Å². The van der Waals surface area contributed by atoms with Crippen LogP contribution in [0.25, 0.3) is 16.9 Å². The van der Waals surface area contributed by atoms with Crippen LogP contribution in [0.15, 0.2) is 53.2 Å². The monoisotopic (exact) mass is 367 g/mol. The summed E-state index contributed by atoms with van der Waals surface area (Å²) in [4.78, 5) is 16.8. The number of hydrogen-bond donors (Lipinski definition) is 1. The predicted octanol–water partition coefficient (Wildman–Crippen LogP) is 3.28. The van der Waals surface area contributed by atoms with Gasteiger partial charge in [0.25, 0.3) is 5.91 Å². The maximum absolute atomic E-state index is 12.2. The summed E-state index contributed by atoms with van der Waals surface area (Å²) in [6.45, 7) is 2.23. The van der Waals surface area contributed by atoms with E-state index in [1.165, 1.54) is 12.3 Å². The van der Waals surface area contributed by atoms with E-state index in [9.17, 15) is 4.79 Å². The molecule has 0 bridgehead atoms. The molecule has 3 heterocycles. The predicted molar refractivity (Wildman–Crippen MR) is 95.8 cm³/mol. The summed E-state index contributed by atoms with van der Waals surface area (Å²) < 4.78 is 6.52. The van der Waals surface area contributed by atoms with Crippen molar-refractivity contribution in [2.45, 2.75) is 13.5 Å². The van der Waals surface area contributed by atoms with Crippen LogP contribution in [0.1, 0.15) is 21.8 Å². The standard InChI is InChI=1S/C18H14ClN5O2/c1-11-2-4-12(5-3-11)17-13(10-20-18(25)14-8-9-21-26-14)24-16(22-17)7-6-15(19)23-24/h2-9H,10H2,1H3,(H,20,25). The molecule has 0 unspecified atom stereocenters. The highest BCUT2D eigenvalue weighted by molar-refractivity contribution is 6.29. The number of rotatable bonds is 4. The van der Waals surface area contributed by atoms with Gasteiger partial charge >= 0.3 is 0 Å². The van der Waals surface area contributed by atoms with E-state index in [1.807, 2.05) is 31.2 Å². The second-order valence-electron chi connectivity index (χ2n) is 5.76. The van der Waals surface area contributed by atoms with Crippen molar-refractivity contribution in [3.05, 3.63) is 70.8 Å². The molecule has 0 saturated carbocycles. The van der Waals surface area contributed by atoms with Crippen LogP contribution in [0.2, 0.25) is 5.15 Å². The number of nitrogens with zero attached hydrogens (tertiary/aromatic N) is 4. The number of benzene rings is 1. The molecule has 0 fully saturated rings. The summed E-state index contributed by atoms with van der Waals surface area (Å²) in [7, 11) is 0. The lowest BCUT2D eigenvalue weighted by Crippen LogP contribution is -2.23. The van der Waals surface area contributed by atoms with Crippen LogP contribution in [-0.4, -0.2) is 25.7 Å². The molecule has 0 spiro atoms. The zero-order valence-electron chi connectivity index (χ0n) is 13.8. The molecule has 0 atom stereocenters. The van der Waals surface area contributed by atoms with E-state index in [1.54, 1.807) is 16.6 Å². The summed E-state index contributed by atoms with van der Waals surface area (Å²) in [5, 5.41) is 11.0. The molecule has 0 radical (unpaired) electrons. The molecule has 0 aliphatic heterocycles. The van der Waals surface area contributed by atoms with E-state index in [0.717, 1.165) is 22.5 Å². The lowest BCUT2D eigenvalue weighted by Gasteiger charge is -2.06. The van der Waals surface area contributed by atoms with Gasteiger partial charge in [-0.15, -0.1) is 0 Å². The number of halogens is 1. The van der Waals surface area contributed by atoms with Gasteiger partial charge in [0.2, 0.25) is 5.76 Å². The molecule has 130 valence electrons. The van der Waals surface area contributed by atoms with E-state index in [-0.39, 0.29) is 18.2 Å². The number of aryl methyl sites for hydroxylation is 1. The number of fused-ring (bicyclic) bond motifs is 1. The van der Waals surface area contributed by atoms with Gasteiger partial charge in [0.05, 0.1) is 24.1 Å². The van der Waals surface area contributed by atoms with Crippen LogP contribution in [0, 0.1) is 6.92 Å². The minimum Gasteiger partial charge on any atom is -0.351 e. The van der Waals surface area contributed by atoms with Crippen LogP contribution in [0.5, 0.6) is 0 Å². The van der Waals surface area contributed by atoms with Gasteiger partial charge < -0.3 is 9.84 Å². The Morgan fingerprint density at radius 1 is 1.19 bits per heavy atom. The van der Waals surface area contributed by atoms with Crippen molar-refractivity contribution in [2.24, 2.45) is 0 Å². The highest BCUT2D eigenvalue weighted by Crippen LogP contribution is 2.25. The first-order valence-corrected chi connectivity index (χ1v) is 8.30. The fraction of sp³-hybridized carbons (Fsp3) is 0.111. The van der Waals surface area contributed by atoms with E-state index in [0.29, 0.717) is 10.8 Å². The molecule has 0 aliphatic rings. The SMILES string of the molecule is Cc1ccc(-c2nc3ccc(Cl)nn3c2CNC(=O)c2ccno2)cc1. The molecule has 1 N–H and O–H groups in total. The Morgan fingerprint density at radius 3 is 2.73 bits per heavy atom. The van der Waals surface area contributed by atoms with Gasteiger partial charge in [-0.3, -0.25) is 4.79 Å². The van der Waals surface area contributed by atoms with Crippen LogP contribution >= 0.6 is 11.6 Å². The molecule has 0 aliphatic carbocycles. The minimum atomic E-state index is -0.366. The van der Waals surface area contributed by atoms with Crippen molar-refractivity contribution in [1.29, 1.82) is 0 Å². The van der Waals surface area contributed by atoms with E-state index in [4.69, 9.17) is 16.1 Å². The number of imidazole rings is 1. The maximum Gasteiger partial charge on any atom is 0.290 e. The Bertz CT molecular complexity index is 1070. The smallest absolute Gasteiger partial charge is 0.290 e. The Balaban J connectivity index is 1.75. The fourth-order valence-electron chi connectivity index (χ4n) is 2.64. The molecular weight excluding hydrogens is 354 g/mol. The zero-order chi connectivity index (χ0) is 18.1. The van der Waals surface area contributed by atoms with Gasteiger partial charge in [-0.25, -0.2) is 9.50 Å². The number of carbonyl (C=O) groups excluding carboxylic acids is 1. The molecular formula is C18H14ClN5O2. The Hall–Kier alpha value is -3.19. The lowest BCUT2D eigenvalue weighted by atomic mass is 10.1. The van der Waals surface area contributed by atoms with E-state index >= 15 is 0 Å². The van der Waals surface area contributed by atoms with Crippen molar-refractivity contribution >= 4 is 23.2 Å². The summed E-state index contributed by atoms with van der Waals surface area (Å²) in [5.74, 6) is -0.226. The second kappa shape index (κ2) is 6.61. The molecule has 1 amide bonds. The Kier molecular flexibility index (Phi) is 4.14. The first kappa shape index (κ1) is 16.3. The average Bonchev–Trinajstić information content (AvgIpc) is 3.28. The van der Waals surface area contributed by atoms with E-state index < -0.39 is 0 Å². The van der Waals surface area contributed by atoms with Gasteiger partial charge in [0.1, 0.15) is 5.15 Å². The summed E-state index contributed by atoms with van der Waals surface area (Å²) in [6, 6.07) is 13.0. The number of aromatic nitrogens is 4. The minimum absolute atomic E-state index is 0.140. The molecule has 8 heteroatoms. The fourth-order valence-corrected chi connectivity index (χ4v) is 2.78. The van der Waals surface area contributed by atoms with Crippen LogP contribution < -0.4 is 5.32 Å². The second-order valence-corrected chi connectivity index (χ2v) is 6.15. The Labute approximate surface area is 153 Å². The van der Waals surface area contributed by atoms with Crippen molar-refractivity contribution in [1.82, 2.24) is 25.1 Å². The van der Waals surface area contributed by atoms with Crippen LogP contribution in [-0.2, 0) is 6.54 Å². The van der Waals surface area contributed by atoms with Gasteiger partial charge in [-0.1, -0.05) is 46.6 Å². The van der Waals surface area contributed by atoms with Crippen LogP contribution in [0.3, 0.4) is 0 Å². The zero-order valence-corrected chi connectivity index (χ0v) is 14.6. The third-order valence-corrected chi connectivity index (χ3v) is 4.14. The molecule has 4 rings (SSSR count). The molecule has 4 aromatic rings. The van der Waals surface area contributed by atoms with Gasteiger partial charge in [-0.2, -0.15) is 5.10 Å². The average molecular weight is 368 g/mol. The molecule has 3 aromatic heterocycles. The molecule has 26 heavy (non-hydrogen) atoms. The largest absolute Gasteiger partial charge is 0.351 e. The van der Waals surface area contributed by atoms with E-state index in [2.05, 4.69) is 20.6 Å². The quantitative estimate of drug-likeness (QED) is 0.598. The van der Waals surface area contributed by atoms with Crippen molar-refractivity contribution in [3.63, 3.8) is 0 Å². The first-order valence-electron chi connectivity index (χ1n) is 7.92. The van der Waals surface area contributed by atoms with Gasteiger partial charge in [0.15, 0.2) is 5.65 Å². The third-order valence-electron chi connectivity index (χ3n) is 3.94. The van der Waals surface area contributed by atoms with Gasteiger partial charge in [-0.05, 0) is 19.1 Å². The normalized spacial score (nSPS) is 11.0. The van der Waals surface area contributed by atoms with Crippen LogP contribution in [0.4, 0.5) is 0 Å². The van der Waals surface area contributed by atoms with Crippen molar-refractivity contribution in [2.75, 3.05) is 0 Å². The molecule has 0 saturated heterocycles. The first-order chi connectivity index (χ1) is 12.6. The van der Waals surface area contributed by atoms with Gasteiger partial charge in [0, 0.05) is 11.6 Å². The molecule has 1 aromatic carbocycles. The highest BCUT2D eigenvalue weighted by atomic mass is 35.5. The third kappa shape index (κ3) is 3.04. The maximum atomic E-state index is 12.2. The number of carbonyl (C=O) groups is 1. The van der Waals surface area contributed by atoms with Crippen molar-refractivity contribution < 1.29 is 9.32 Å². The summed E-state index contributed by atoms with van der Waals surface area (Å²) in [6.07, 6.45) is 1.42. The molecule has 7 nitrogen and oxygen atoms in total. The lowest BCUT2D eigenvalue weighted by molar-refractivity contribution is 0.0913. The summed E-state index contributed by atoms with van der Waals surface area (Å²) in [5.41, 5.74) is 4.19.